The molecule has 0 heterocycles. The van der Waals surface area contributed by atoms with Crippen molar-refractivity contribution in [2.75, 3.05) is 25.5 Å². The average Bonchev–Trinajstić information content (AvgIpc) is 2.42. The molecule has 0 spiro atoms. The fraction of sp³-hybridized carbons (Fsp3) is 0.632. The van der Waals surface area contributed by atoms with E-state index in [1.54, 1.807) is 0 Å². The first kappa shape index (κ1) is 20.3. The van der Waals surface area contributed by atoms with Crippen molar-refractivity contribution in [1.29, 1.82) is 0 Å². The van der Waals surface area contributed by atoms with Crippen LogP contribution in [0.5, 0.6) is 0 Å². The van der Waals surface area contributed by atoms with Crippen LogP contribution >= 0.6 is 0 Å². The monoisotopic (exact) mass is 335 g/mol. The number of carbonyl (C=O) groups is 1. The number of rotatable bonds is 6. The van der Waals surface area contributed by atoms with Crippen LogP contribution in [0.1, 0.15) is 53.1 Å². The minimum Gasteiger partial charge on any atom is -0.444 e. The number of nitrogens with one attached hydrogen (secondary N) is 2. The van der Waals surface area contributed by atoms with E-state index in [0.717, 1.165) is 0 Å². The van der Waals surface area contributed by atoms with Gasteiger partial charge in [0.15, 0.2) is 0 Å². The molecular weight excluding hydrogens is 302 g/mol. The van der Waals surface area contributed by atoms with Gasteiger partial charge >= 0.3 is 6.09 Å². The van der Waals surface area contributed by atoms with Crippen LogP contribution < -0.4 is 15.5 Å². The van der Waals surface area contributed by atoms with Gasteiger partial charge in [0.05, 0.1) is 5.54 Å². The minimum absolute atomic E-state index is 0.195. The van der Waals surface area contributed by atoms with Crippen LogP contribution in [0.15, 0.2) is 24.3 Å². The van der Waals surface area contributed by atoms with Gasteiger partial charge in [0.1, 0.15) is 5.60 Å². The average molecular weight is 335 g/mol. The van der Waals surface area contributed by atoms with Gasteiger partial charge in [0.2, 0.25) is 0 Å². The molecule has 1 unspecified atom stereocenters. The van der Waals surface area contributed by atoms with Crippen molar-refractivity contribution < 1.29 is 9.53 Å². The Bertz CT molecular complexity index is 531. The second-order valence-corrected chi connectivity index (χ2v) is 8.10. The molecule has 0 saturated heterocycles. The first-order valence-corrected chi connectivity index (χ1v) is 8.41. The van der Waals surface area contributed by atoms with Crippen molar-refractivity contribution in [3.63, 3.8) is 0 Å². The van der Waals surface area contributed by atoms with Crippen molar-refractivity contribution in [1.82, 2.24) is 10.6 Å². The van der Waals surface area contributed by atoms with Crippen LogP contribution in [-0.4, -0.2) is 37.9 Å². The van der Waals surface area contributed by atoms with E-state index in [0.29, 0.717) is 6.54 Å². The van der Waals surface area contributed by atoms with Crippen LogP contribution in [-0.2, 0) is 4.74 Å². The number of benzene rings is 1. The summed E-state index contributed by atoms with van der Waals surface area (Å²) in [4.78, 5) is 14.0. The molecule has 136 valence electrons. The normalized spacial score (nSPS) is 13.3. The van der Waals surface area contributed by atoms with E-state index in [9.17, 15) is 4.79 Å². The van der Waals surface area contributed by atoms with E-state index in [1.807, 2.05) is 48.7 Å². The molecule has 5 nitrogen and oxygen atoms in total. The molecular formula is C19H33N3O2. The van der Waals surface area contributed by atoms with Crippen molar-refractivity contribution in [2.45, 2.75) is 58.7 Å². The van der Waals surface area contributed by atoms with E-state index in [4.69, 9.17) is 4.74 Å². The van der Waals surface area contributed by atoms with Gasteiger partial charge in [-0.05, 0) is 59.2 Å². The van der Waals surface area contributed by atoms with E-state index in [1.165, 1.54) is 11.3 Å². The quantitative estimate of drug-likeness (QED) is 0.832. The lowest BCUT2D eigenvalue weighted by atomic mass is 10.0. The topological polar surface area (TPSA) is 53.6 Å². The Balaban J connectivity index is 2.55. The first-order valence-electron chi connectivity index (χ1n) is 8.41. The van der Waals surface area contributed by atoms with Crippen LogP contribution in [0.4, 0.5) is 10.5 Å². The summed E-state index contributed by atoms with van der Waals surface area (Å²) in [5.74, 6) is 0. The highest BCUT2D eigenvalue weighted by atomic mass is 16.6. The molecule has 0 aromatic heterocycles. The summed E-state index contributed by atoms with van der Waals surface area (Å²) in [6.45, 7) is 12.3. The van der Waals surface area contributed by atoms with Gasteiger partial charge in [-0.3, -0.25) is 0 Å². The SMILES string of the molecule is CC(NCC(C)(C)NC(=O)OC(C)(C)C)c1ccc(N(C)C)cc1. The van der Waals surface area contributed by atoms with Crippen LogP contribution in [0.2, 0.25) is 0 Å². The second-order valence-electron chi connectivity index (χ2n) is 8.10. The highest BCUT2D eigenvalue weighted by Crippen LogP contribution is 2.18. The summed E-state index contributed by atoms with van der Waals surface area (Å²) >= 11 is 0. The minimum atomic E-state index is -0.491. The highest BCUT2D eigenvalue weighted by molar-refractivity contribution is 5.68. The zero-order chi connectivity index (χ0) is 18.5. The van der Waals surface area contributed by atoms with Crippen molar-refractivity contribution in [3.8, 4) is 0 Å². The van der Waals surface area contributed by atoms with Gasteiger partial charge in [-0.2, -0.15) is 0 Å². The molecule has 1 rings (SSSR count). The largest absolute Gasteiger partial charge is 0.444 e. The maximum absolute atomic E-state index is 11.9. The molecule has 1 aromatic rings. The smallest absolute Gasteiger partial charge is 0.408 e. The fourth-order valence-corrected chi connectivity index (χ4v) is 2.21. The third-order valence-electron chi connectivity index (χ3n) is 3.60. The standard InChI is InChI=1S/C19H33N3O2/c1-14(15-9-11-16(12-10-15)22(7)8)20-13-19(5,6)21-17(23)24-18(2,3)4/h9-12,14,20H,13H2,1-8H3,(H,21,23). The molecule has 1 atom stereocenters. The number of anilines is 1. The summed E-state index contributed by atoms with van der Waals surface area (Å²) in [6.07, 6.45) is -0.391. The van der Waals surface area contributed by atoms with E-state index < -0.39 is 17.2 Å². The molecule has 1 aromatic carbocycles. The molecule has 0 aliphatic carbocycles. The van der Waals surface area contributed by atoms with Gasteiger partial charge in [-0.25, -0.2) is 4.79 Å². The lowest BCUT2D eigenvalue weighted by Gasteiger charge is -2.30. The number of alkyl carbamates (subject to hydrolysis) is 1. The Kier molecular flexibility index (Phi) is 6.67. The molecule has 2 N–H and O–H groups in total. The zero-order valence-corrected chi connectivity index (χ0v) is 16.4. The third-order valence-corrected chi connectivity index (χ3v) is 3.60. The maximum Gasteiger partial charge on any atom is 0.408 e. The molecule has 5 heteroatoms. The Morgan fingerprint density at radius 2 is 1.67 bits per heavy atom. The maximum atomic E-state index is 11.9. The Morgan fingerprint density at radius 3 is 2.12 bits per heavy atom. The summed E-state index contributed by atoms with van der Waals surface area (Å²) in [6, 6.07) is 8.67. The van der Waals surface area contributed by atoms with Crippen LogP contribution in [0.25, 0.3) is 0 Å². The number of hydrogen-bond acceptors (Lipinski definition) is 4. The molecule has 0 bridgehead atoms. The van der Waals surface area contributed by atoms with Crippen molar-refractivity contribution in [3.05, 3.63) is 29.8 Å². The Morgan fingerprint density at radius 1 is 1.12 bits per heavy atom. The van der Waals surface area contributed by atoms with Crippen molar-refractivity contribution >= 4 is 11.8 Å². The van der Waals surface area contributed by atoms with E-state index >= 15 is 0 Å². The second kappa shape index (κ2) is 7.88. The third kappa shape index (κ3) is 7.21. The highest BCUT2D eigenvalue weighted by Gasteiger charge is 2.25. The summed E-state index contributed by atoms with van der Waals surface area (Å²) in [7, 11) is 4.06. The predicted molar refractivity (Wildman–Crippen MR) is 101 cm³/mol. The summed E-state index contributed by atoms with van der Waals surface area (Å²) in [5, 5.41) is 6.39. The Labute approximate surface area is 146 Å². The van der Waals surface area contributed by atoms with Gasteiger partial charge in [-0.15, -0.1) is 0 Å². The predicted octanol–water partition coefficient (Wildman–Crippen LogP) is 3.71. The van der Waals surface area contributed by atoms with Gasteiger partial charge < -0.3 is 20.3 Å². The van der Waals surface area contributed by atoms with Crippen molar-refractivity contribution in [2.24, 2.45) is 0 Å². The molecule has 1 amide bonds. The lowest BCUT2D eigenvalue weighted by Crippen LogP contribution is -2.51. The van der Waals surface area contributed by atoms with E-state index in [-0.39, 0.29) is 6.04 Å². The Hall–Kier alpha value is -1.75. The number of hydrogen-bond donors (Lipinski definition) is 2. The molecule has 0 aliphatic heterocycles. The number of ether oxygens (including phenoxy) is 1. The van der Waals surface area contributed by atoms with Gasteiger partial charge in [0, 0.05) is 32.4 Å². The molecule has 24 heavy (non-hydrogen) atoms. The number of amides is 1. The van der Waals surface area contributed by atoms with Crippen LogP contribution in [0.3, 0.4) is 0 Å². The summed E-state index contributed by atoms with van der Waals surface area (Å²) < 4.78 is 5.32. The van der Waals surface area contributed by atoms with Crippen LogP contribution in [0, 0.1) is 0 Å². The molecule has 0 radical (unpaired) electrons. The van der Waals surface area contributed by atoms with Gasteiger partial charge in [0.25, 0.3) is 0 Å². The molecule has 0 saturated carbocycles. The zero-order valence-electron chi connectivity index (χ0n) is 16.4. The summed E-state index contributed by atoms with van der Waals surface area (Å²) in [5.41, 5.74) is 1.50. The fourth-order valence-electron chi connectivity index (χ4n) is 2.21. The first-order chi connectivity index (χ1) is 10.9. The van der Waals surface area contributed by atoms with E-state index in [2.05, 4.69) is 46.7 Å². The molecule has 0 aliphatic rings. The number of nitrogens with zero attached hydrogens (tertiary/aromatic N) is 1. The lowest BCUT2D eigenvalue weighted by molar-refractivity contribution is 0.0471. The number of carbonyl (C=O) groups excluding carboxylic acids is 1. The molecule has 0 fully saturated rings. The van der Waals surface area contributed by atoms with Gasteiger partial charge in [-0.1, -0.05) is 12.1 Å².